The van der Waals surface area contributed by atoms with Crippen LogP contribution in [0, 0.1) is 0 Å². The Balaban J connectivity index is 1.21. The zero-order valence-corrected chi connectivity index (χ0v) is 32.8. The van der Waals surface area contributed by atoms with Gasteiger partial charge in [-0.25, -0.2) is 0 Å². The summed E-state index contributed by atoms with van der Waals surface area (Å²) in [6, 6.07) is 64.7. The van der Waals surface area contributed by atoms with Gasteiger partial charge in [-0.15, -0.1) is 0 Å². The highest BCUT2D eigenvalue weighted by Crippen LogP contribution is 2.59. The van der Waals surface area contributed by atoms with Gasteiger partial charge in [0.15, 0.2) is 7.28 Å². The Morgan fingerprint density at radius 2 is 1.05 bits per heavy atom. The van der Waals surface area contributed by atoms with Crippen LogP contribution in [0.5, 0.6) is 0 Å². The Labute approximate surface area is 336 Å². The van der Waals surface area contributed by atoms with Crippen LogP contribution in [-0.4, -0.2) is 7.28 Å². The summed E-state index contributed by atoms with van der Waals surface area (Å²) >= 11 is 0. The highest BCUT2D eigenvalue weighted by Gasteiger charge is 2.45. The van der Waals surface area contributed by atoms with Gasteiger partial charge in [0, 0.05) is 44.7 Å². The molecule has 2 aliphatic heterocycles. The normalized spacial score (nSPS) is 14.7. The van der Waals surface area contributed by atoms with Crippen LogP contribution < -0.4 is 21.1 Å². The van der Waals surface area contributed by atoms with Gasteiger partial charge in [0.25, 0.3) is 0 Å². The summed E-state index contributed by atoms with van der Waals surface area (Å²) in [5.74, 6) is 0. The van der Waals surface area contributed by atoms with Crippen molar-refractivity contribution in [3.8, 4) is 44.5 Å². The molecule has 2 heterocycles. The van der Waals surface area contributed by atoms with Crippen molar-refractivity contribution in [2.75, 3.05) is 10.2 Å². The third-order valence-electron chi connectivity index (χ3n) is 12.9. The quantitative estimate of drug-likeness (QED) is 0.178. The first-order chi connectivity index (χ1) is 27.8. The molecule has 1 aliphatic carbocycles. The first-order valence-corrected chi connectivity index (χ1v) is 20.1. The monoisotopic (exact) mass is 729 g/mol. The second kappa shape index (κ2) is 12.5. The van der Waals surface area contributed by atoms with Gasteiger partial charge in [0.2, 0.25) is 0 Å². The molecule has 8 aromatic rings. The molecule has 0 amide bonds. The summed E-state index contributed by atoms with van der Waals surface area (Å²) in [5.41, 5.74) is 23.3. The van der Waals surface area contributed by atoms with Gasteiger partial charge in [-0.2, -0.15) is 0 Å². The number of rotatable bonds is 5. The molecule has 271 valence electrons. The molecular formula is C54H42BN2. The van der Waals surface area contributed by atoms with Gasteiger partial charge >= 0.3 is 0 Å². The number of benzene rings is 8. The molecule has 0 bridgehead atoms. The van der Waals surface area contributed by atoms with Crippen LogP contribution >= 0.6 is 0 Å². The molecule has 3 heteroatoms. The number of hydrogen-bond donors (Lipinski definition) is 1. The first-order valence-electron chi connectivity index (χ1n) is 20.1. The van der Waals surface area contributed by atoms with Crippen LogP contribution in [-0.2, 0) is 10.8 Å². The second-order valence-electron chi connectivity index (χ2n) is 16.8. The van der Waals surface area contributed by atoms with Gasteiger partial charge in [-0.3, -0.25) is 0 Å². The van der Waals surface area contributed by atoms with E-state index in [4.69, 9.17) is 0 Å². The van der Waals surface area contributed by atoms with Crippen molar-refractivity contribution < 1.29 is 0 Å². The summed E-state index contributed by atoms with van der Waals surface area (Å²) in [6.45, 7) is 9.57. The van der Waals surface area contributed by atoms with Crippen LogP contribution in [0.15, 0.2) is 176 Å². The molecule has 2 nitrogen and oxygen atoms in total. The van der Waals surface area contributed by atoms with E-state index in [0.29, 0.717) is 0 Å². The summed E-state index contributed by atoms with van der Waals surface area (Å²) in [5, 5.41) is 3.94. The van der Waals surface area contributed by atoms with Crippen LogP contribution in [0.25, 0.3) is 44.5 Å². The van der Waals surface area contributed by atoms with Gasteiger partial charge in [-0.05, 0) is 97.5 Å². The molecule has 8 aromatic carbocycles. The molecule has 0 unspecified atom stereocenters. The maximum absolute atomic E-state index is 3.94. The Bertz CT molecular complexity index is 2910. The zero-order chi connectivity index (χ0) is 38.5. The minimum Gasteiger partial charge on any atom is -0.355 e. The molecule has 0 spiro atoms. The fourth-order valence-corrected chi connectivity index (χ4v) is 9.97. The number of fused-ring (bicyclic) bond motifs is 8. The highest BCUT2D eigenvalue weighted by atomic mass is 15.2. The van der Waals surface area contributed by atoms with E-state index in [1.807, 2.05) is 0 Å². The van der Waals surface area contributed by atoms with E-state index < -0.39 is 0 Å². The van der Waals surface area contributed by atoms with Crippen LogP contribution in [0.1, 0.15) is 49.9 Å². The van der Waals surface area contributed by atoms with E-state index in [0.717, 1.165) is 11.4 Å². The van der Waals surface area contributed by atoms with Crippen molar-refractivity contribution in [1.29, 1.82) is 0 Å². The Morgan fingerprint density at radius 3 is 1.82 bits per heavy atom. The van der Waals surface area contributed by atoms with E-state index in [9.17, 15) is 0 Å². The number of nitrogens with zero attached hydrogens (tertiary/aromatic N) is 1. The highest BCUT2D eigenvalue weighted by molar-refractivity contribution is 6.73. The predicted octanol–water partition coefficient (Wildman–Crippen LogP) is 12.8. The van der Waals surface area contributed by atoms with Crippen molar-refractivity contribution in [1.82, 2.24) is 0 Å². The maximum atomic E-state index is 3.94. The second-order valence-corrected chi connectivity index (χ2v) is 16.8. The summed E-state index contributed by atoms with van der Waals surface area (Å²) in [7, 11) is 2.48. The fourth-order valence-electron chi connectivity index (χ4n) is 9.97. The lowest BCUT2D eigenvalue weighted by atomic mass is 9.55. The Morgan fingerprint density at radius 1 is 0.439 bits per heavy atom. The average molecular weight is 730 g/mol. The number of anilines is 5. The summed E-state index contributed by atoms with van der Waals surface area (Å²) < 4.78 is 0. The van der Waals surface area contributed by atoms with Crippen molar-refractivity contribution in [3.63, 3.8) is 0 Å². The Hall–Kier alpha value is -6.58. The van der Waals surface area contributed by atoms with Crippen molar-refractivity contribution >= 4 is 46.6 Å². The van der Waals surface area contributed by atoms with E-state index in [1.165, 1.54) is 94.7 Å². The van der Waals surface area contributed by atoms with Gasteiger partial charge in [0.05, 0.1) is 5.69 Å². The number of nitrogens with one attached hydrogen (secondary N) is 1. The third kappa shape index (κ3) is 5.05. The first kappa shape index (κ1) is 33.7. The van der Waals surface area contributed by atoms with Gasteiger partial charge < -0.3 is 10.2 Å². The lowest BCUT2D eigenvalue weighted by molar-refractivity contribution is 0.632. The molecule has 1 radical (unpaired) electrons. The maximum Gasteiger partial charge on any atom is 0.197 e. The minimum atomic E-state index is -0.210. The van der Waals surface area contributed by atoms with Gasteiger partial charge in [0.1, 0.15) is 0 Å². The zero-order valence-electron chi connectivity index (χ0n) is 32.8. The van der Waals surface area contributed by atoms with Crippen LogP contribution in [0.4, 0.5) is 28.4 Å². The van der Waals surface area contributed by atoms with Crippen LogP contribution in [0.2, 0.25) is 0 Å². The van der Waals surface area contributed by atoms with E-state index in [1.54, 1.807) is 0 Å². The Kier molecular flexibility index (Phi) is 7.38. The summed E-state index contributed by atoms with van der Waals surface area (Å²) in [4.78, 5) is 2.62. The fraction of sp³-hybridized carbons (Fsp3) is 0.111. The van der Waals surface area contributed by atoms with Crippen molar-refractivity contribution in [3.05, 3.63) is 198 Å². The van der Waals surface area contributed by atoms with E-state index in [-0.39, 0.29) is 10.8 Å². The van der Waals surface area contributed by atoms with E-state index >= 15 is 0 Å². The molecule has 57 heavy (non-hydrogen) atoms. The molecule has 1 N–H and O–H groups in total. The number of hydrogen-bond acceptors (Lipinski definition) is 2. The lowest BCUT2D eigenvalue weighted by Gasteiger charge is -2.47. The van der Waals surface area contributed by atoms with Crippen LogP contribution in [0.3, 0.4) is 0 Å². The van der Waals surface area contributed by atoms with E-state index in [2.05, 4.69) is 221 Å². The van der Waals surface area contributed by atoms with Crippen molar-refractivity contribution in [2.45, 2.75) is 38.5 Å². The molecule has 3 aliphatic rings. The molecule has 0 atom stereocenters. The third-order valence-corrected chi connectivity index (χ3v) is 12.9. The SMILES string of the molecule is CC1(C)c2ccccc2-c2c1cc(-c1cc(-c3ccccc3)ccc1Nc1cccc(-c3ccccc3)c1)c1c2N2c3ccccc3C(C)(C)c3cccc(c32)[B]1. The minimum absolute atomic E-state index is 0.156. The summed E-state index contributed by atoms with van der Waals surface area (Å²) in [6.07, 6.45) is 0. The molecule has 0 saturated heterocycles. The molecule has 0 fully saturated rings. The average Bonchev–Trinajstić information content (AvgIpc) is 3.48. The molecule has 0 aromatic heterocycles. The molecular weight excluding hydrogens is 687 g/mol. The van der Waals surface area contributed by atoms with Crippen molar-refractivity contribution in [2.24, 2.45) is 0 Å². The number of para-hydroxylation sites is 2. The molecule has 0 saturated carbocycles. The molecule has 11 rings (SSSR count). The lowest BCUT2D eigenvalue weighted by Crippen LogP contribution is -2.46. The predicted molar refractivity (Wildman–Crippen MR) is 242 cm³/mol. The standard InChI is InChI=1S/C54H42BN2/c1-53(2)42-24-12-11-23-39(42)49-45(53)33-41(50-52(49)57-48-28-14-13-25-43(48)54(3,4)44-26-16-27-46(55-50)51(44)57)40-32-37(35-19-9-6-10-20-35)29-30-47(40)56-38-22-15-21-36(31-38)34-17-7-5-8-18-34/h5-33,56H,1-4H3. The topological polar surface area (TPSA) is 15.3 Å². The smallest absolute Gasteiger partial charge is 0.197 e. The van der Waals surface area contributed by atoms with Gasteiger partial charge in [-0.1, -0.05) is 173 Å². The largest absolute Gasteiger partial charge is 0.355 e.